The number of aromatic nitrogens is 1. The molecule has 0 bridgehead atoms. The summed E-state index contributed by atoms with van der Waals surface area (Å²) in [5, 5.41) is 0. The first kappa shape index (κ1) is 18.1. The van der Waals surface area contributed by atoms with E-state index >= 15 is 0 Å². The first-order valence-corrected chi connectivity index (χ1v) is 8.85. The minimum absolute atomic E-state index is 0.169. The molecule has 1 fully saturated rings. The molecule has 3 rings (SSSR count). The summed E-state index contributed by atoms with van der Waals surface area (Å²) >= 11 is 0. The molecule has 0 amide bonds. The summed E-state index contributed by atoms with van der Waals surface area (Å²) in [5.74, 6) is 0.741. The van der Waals surface area contributed by atoms with Crippen molar-refractivity contribution >= 4 is 18.1 Å². The summed E-state index contributed by atoms with van der Waals surface area (Å²) in [6.45, 7) is 5.82. The number of anilines is 1. The van der Waals surface area contributed by atoms with Gasteiger partial charge in [-0.25, -0.2) is 4.98 Å². The lowest BCUT2D eigenvalue weighted by atomic mass is 10.0. The van der Waals surface area contributed by atoms with Crippen molar-refractivity contribution in [3.8, 4) is 11.1 Å². The third kappa shape index (κ3) is 4.26. The third-order valence-corrected chi connectivity index (χ3v) is 4.50. The van der Waals surface area contributed by atoms with Crippen molar-refractivity contribution in [1.29, 1.82) is 0 Å². The molecule has 0 atom stereocenters. The number of rotatable bonds is 6. The number of hydrogen-bond acceptors (Lipinski definition) is 6. The first-order chi connectivity index (χ1) is 12.7. The molecule has 2 aromatic rings. The number of ether oxygens (including phenoxy) is 1. The van der Waals surface area contributed by atoms with Crippen molar-refractivity contribution in [1.82, 2.24) is 9.88 Å². The fraction of sp³-hybridized carbons (Fsp3) is 0.350. The minimum atomic E-state index is -0.169. The van der Waals surface area contributed by atoms with Crippen molar-refractivity contribution in [2.24, 2.45) is 0 Å². The second kappa shape index (κ2) is 8.58. The molecule has 0 N–H and O–H groups in total. The molecule has 0 spiro atoms. The van der Waals surface area contributed by atoms with Crippen molar-refractivity contribution in [3.05, 3.63) is 48.2 Å². The summed E-state index contributed by atoms with van der Waals surface area (Å²) in [6.07, 6.45) is 2.68. The van der Waals surface area contributed by atoms with Gasteiger partial charge in [-0.1, -0.05) is 24.3 Å². The van der Waals surface area contributed by atoms with Crippen molar-refractivity contribution in [2.45, 2.75) is 6.92 Å². The lowest BCUT2D eigenvalue weighted by molar-refractivity contribution is -0.144. The lowest BCUT2D eigenvalue weighted by Gasteiger charge is -2.34. The predicted molar refractivity (Wildman–Crippen MR) is 100 cm³/mol. The number of hydrogen-bond donors (Lipinski definition) is 0. The highest BCUT2D eigenvalue weighted by Gasteiger charge is 2.20. The standard InChI is InChI=1S/C20H23N3O3/c1-2-26-20(25)14-22-9-11-23(12-10-22)19-8-7-16(13-21-19)18-6-4-3-5-17(18)15-24/h3-8,13,15H,2,9-12,14H2,1H3. The average Bonchev–Trinajstić information content (AvgIpc) is 2.69. The fourth-order valence-electron chi connectivity index (χ4n) is 3.12. The van der Waals surface area contributed by atoms with E-state index in [-0.39, 0.29) is 5.97 Å². The van der Waals surface area contributed by atoms with Gasteiger partial charge < -0.3 is 9.64 Å². The molecule has 1 aromatic heterocycles. The highest BCUT2D eigenvalue weighted by Crippen LogP contribution is 2.24. The van der Waals surface area contributed by atoms with Gasteiger partial charge in [-0.3, -0.25) is 14.5 Å². The molecule has 136 valence electrons. The van der Waals surface area contributed by atoms with E-state index < -0.39 is 0 Å². The number of benzene rings is 1. The van der Waals surface area contributed by atoms with Gasteiger partial charge in [-0.05, 0) is 24.6 Å². The van der Waals surface area contributed by atoms with Gasteiger partial charge >= 0.3 is 5.97 Å². The molecular weight excluding hydrogens is 330 g/mol. The third-order valence-electron chi connectivity index (χ3n) is 4.50. The van der Waals surface area contributed by atoms with Crippen LogP contribution in [0.3, 0.4) is 0 Å². The molecule has 0 unspecified atom stereocenters. The van der Waals surface area contributed by atoms with E-state index in [1.165, 1.54) is 0 Å². The van der Waals surface area contributed by atoms with Crippen LogP contribution >= 0.6 is 0 Å². The molecule has 26 heavy (non-hydrogen) atoms. The monoisotopic (exact) mass is 353 g/mol. The van der Waals surface area contributed by atoms with Crippen LogP contribution in [0.1, 0.15) is 17.3 Å². The maximum atomic E-state index is 11.6. The van der Waals surface area contributed by atoms with Gasteiger partial charge in [0.2, 0.25) is 0 Å². The van der Waals surface area contributed by atoms with Crippen LogP contribution in [0.5, 0.6) is 0 Å². The Hall–Kier alpha value is -2.73. The summed E-state index contributed by atoms with van der Waals surface area (Å²) in [4.78, 5) is 31.6. The molecule has 6 heteroatoms. The van der Waals surface area contributed by atoms with Crippen LogP contribution in [0, 0.1) is 0 Å². The van der Waals surface area contributed by atoms with Gasteiger partial charge in [-0.2, -0.15) is 0 Å². The Labute approximate surface area is 153 Å². The molecule has 0 saturated carbocycles. The zero-order valence-corrected chi connectivity index (χ0v) is 14.9. The Balaban J connectivity index is 1.62. The summed E-state index contributed by atoms with van der Waals surface area (Å²) in [6, 6.07) is 11.5. The van der Waals surface area contributed by atoms with Crippen LogP contribution in [0.4, 0.5) is 5.82 Å². The maximum absolute atomic E-state index is 11.6. The number of carbonyl (C=O) groups excluding carboxylic acids is 2. The molecule has 1 aromatic carbocycles. The molecular formula is C20H23N3O3. The molecule has 6 nitrogen and oxygen atoms in total. The zero-order chi connectivity index (χ0) is 18.4. The van der Waals surface area contributed by atoms with Crippen molar-refractivity contribution < 1.29 is 14.3 Å². The fourth-order valence-corrected chi connectivity index (χ4v) is 3.12. The predicted octanol–water partition coefficient (Wildman–Crippen LogP) is 2.25. The Kier molecular flexibility index (Phi) is 5.96. The molecule has 2 heterocycles. The average molecular weight is 353 g/mol. The quantitative estimate of drug-likeness (QED) is 0.586. The van der Waals surface area contributed by atoms with Crippen LogP contribution in [0.25, 0.3) is 11.1 Å². The summed E-state index contributed by atoms with van der Waals surface area (Å²) in [7, 11) is 0. The van der Waals surface area contributed by atoms with Gasteiger partial charge in [0, 0.05) is 43.5 Å². The van der Waals surface area contributed by atoms with E-state index in [2.05, 4.69) is 14.8 Å². The van der Waals surface area contributed by atoms with Gasteiger partial charge in [0.25, 0.3) is 0 Å². The maximum Gasteiger partial charge on any atom is 0.320 e. The number of carbonyl (C=O) groups is 2. The molecule has 0 radical (unpaired) electrons. The van der Waals surface area contributed by atoms with Crippen LogP contribution in [-0.2, 0) is 9.53 Å². The van der Waals surface area contributed by atoms with Crippen LogP contribution in [0.2, 0.25) is 0 Å². The number of pyridine rings is 1. The van der Waals surface area contributed by atoms with Crippen LogP contribution in [-0.4, -0.2) is 61.5 Å². The van der Waals surface area contributed by atoms with Gasteiger partial charge in [0.05, 0.1) is 13.2 Å². The first-order valence-electron chi connectivity index (χ1n) is 8.85. The number of esters is 1. The Morgan fingerprint density at radius 2 is 1.92 bits per heavy atom. The largest absolute Gasteiger partial charge is 0.465 e. The smallest absolute Gasteiger partial charge is 0.320 e. The second-order valence-corrected chi connectivity index (χ2v) is 6.18. The van der Waals surface area contributed by atoms with E-state index in [9.17, 15) is 9.59 Å². The van der Waals surface area contributed by atoms with Crippen LogP contribution < -0.4 is 4.90 Å². The highest BCUT2D eigenvalue weighted by atomic mass is 16.5. The molecule has 0 aliphatic carbocycles. The molecule has 1 aliphatic heterocycles. The van der Waals surface area contributed by atoms with Gasteiger partial charge in [0.15, 0.2) is 6.29 Å². The Morgan fingerprint density at radius 3 is 2.58 bits per heavy atom. The normalized spacial score (nSPS) is 14.9. The van der Waals surface area contributed by atoms with Crippen molar-refractivity contribution in [2.75, 3.05) is 44.2 Å². The molecule has 1 saturated heterocycles. The number of piperazine rings is 1. The van der Waals surface area contributed by atoms with E-state index in [0.717, 1.165) is 49.4 Å². The van der Waals surface area contributed by atoms with Gasteiger partial charge in [0.1, 0.15) is 5.82 Å². The van der Waals surface area contributed by atoms with Gasteiger partial charge in [-0.15, -0.1) is 0 Å². The number of aldehydes is 1. The highest BCUT2D eigenvalue weighted by molar-refractivity contribution is 5.87. The van der Waals surface area contributed by atoms with E-state index in [0.29, 0.717) is 18.7 Å². The Bertz CT molecular complexity index is 753. The van der Waals surface area contributed by atoms with E-state index in [1.807, 2.05) is 43.5 Å². The number of nitrogens with zero attached hydrogens (tertiary/aromatic N) is 3. The zero-order valence-electron chi connectivity index (χ0n) is 14.9. The SMILES string of the molecule is CCOC(=O)CN1CCN(c2ccc(-c3ccccc3C=O)cn2)CC1. The van der Waals surface area contributed by atoms with Crippen LogP contribution in [0.15, 0.2) is 42.6 Å². The topological polar surface area (TPSA) is 62.7 Å². The summed E-state index contributed by atoms with van der Waals surface area (Å²) in [5.41, 5.74) is 2.48. The molecule has 1 aliphatic rings. The minimum Gasteiger partial charge on any atom is -0.465 e. The second-order valence-electron chi connectivity index (χ2n) is 6.18. The summed E-state index contributed by atoms with van der Waals surface area (Å²) < 4.78 is 5.00. The van der Waals surface area contributed by atoms with E-state index in [4.69, 9.17) is 4.74 Å². The lowest BCUT2D eigenvalue weighted by Crippen LogP contribution is -2.48. The Morgan fingerprint density at radius 1 is 1.15 bits per heavy atom. The van der Waals surface area contributed by atoms with Crippen molar-refractivity contribution in [3.63, 3.8) is 0 Å². The van der Waals surface area contributed by atoms with E-state index in [1.54, 1.807) is 6.07 Å².